The number of hydrogen-bond acceptors (Lipinski definition) is 0. The second-order valence-electron chi connectivity index (χ2n) is 7.46. The summed E-state index contributed by atoms with van der Waals surface area (Å²) >= 11 is 0. The molecule has 1 saturated carbocycles. The van der Waals surface area contributed by atoms with Crippen molar-refractivity contribution in [2.24, 2.45) is 0 Å². The molecule has 1 fully saturated rings. The molecule has 1 aliphatic rings. The Kier molecular flexibility index (Phi) is 4.57. The number of hydrogen-bond donors (Lipinski definition) is 0. The SMILES string of the molecule is Cc1cc(F)ccc1C(C)Cc1cccc(C(C)C)c1C1CC1. The van der Waals surface area contributed by atoms with Crippen LogP contribution in [0.25, 0.3) is 0 Å². The molecule has 0 heterocycles. The number of halogens is 1. The van der Waals surface area contributed by atoms with E-state index in [0.29, 0.717) is 11.8 Å². The number of aryl methyl sites for hydroxylation is 1. The average Bonchev–Trinajstić information content (AvgIpc) is 3.31. The van der Waals surface area contributed by atoms with Crippen LogP contribution in [0.4, 0.5) is 4.39 Å². The molecule has 3 rings (SSSR count). The van der Waals surface area contributed by atoms with Gasteiger partial charge in [-0.25, -0.2) is 4.39 Å². The lowest BCUT2D eigenvalue weighted by Gasteiger charge is -2.21. The average molecular weight is 310 g/mol. The van der Waals surface area contributed by atoms with Crippen LogP contribution in [0.1, 0.15) is 79.2 Å². The molecule has 1 aliphatic carbocycles. The summed E-state index contributed by atoms with van der Waals surface area (Å²) in [6.45, 7) is 8.86. The first-order valence-corrected chi connectivity index (χ1v) is 8.85. The number of rotatable bonds is 5. The van der Waals surface area contributed by atoms with E-state index in [1.54, 1.807) is 17.7 Å². The van der Waals surface area contributed by atoms with Crippen molar-refractivity contribution in [1.82, 2.24) is 0 Å². The highest BCUT2D eigenvalue weighted by Crippen LogP contribution is 2.45. The molecule has 0 aliphatic heterocycles. The van der Waals surface area contributed by atoms with E-state index in [-0.39, 0.29) is 5.82 Å². The fourth-order valence-corrected chi connectivity index (χ4v) is 3.82. The predicted octanol–water partition coefficient (Wildman–Crippen LogP) is 6.48. The third-order valence-electron chi connectivity index (χ3n) is 5.13. The van der Waals surface area contributed by atoms with Crippen LogP contribution in [0.15, 0.2) is 36.4 Å². The molecule has 0 radical (unpaired) electrons. The molecule has 1 atom stereocenters. The maximum absolute atomic E-state index is 13.4. The first-order chi connectivity index (χ1) is 11.0. The standard InChI is InChI=1S/C22H27F/c1-14(2)20-7-5-6-18(22(20)17-8-9-17)12-15(3)21-11-10-19(23)13-16(21)4/h5-7,10-11,13-15,17H,8-9,12H2,1-4H3. The van der Waals surface area contributed by atoms with Gasteiger partial charge < -0.3 is 0 Å². The van der Waals surface area contributed by atoms with Crippen molar-refractivity contribution in [2.75, 3.05) is 0 Å². The topological polar surface area (TPSA) is 0 Å². The van der Waals surface area contributed by atoms with Gasteiger partial charge in [0.1, 0.15) is 5.82 Å². The quantitative estimate of drug-likeness (QED) is 0.593. The Labute approximate surface area is 139 Å². The molecular formula is C22H27F. The molecular weight excluding hydrogens is 283 g/mol. The van der Waals surface area contributed by atoms with Gasteiger partial charge in [0.15, 0.2) is 0 Å². The summed E-state index contributed by atoms with van der Waals surface area (Å²) in [6.07, 6.45) is 3.71. The van der Waals surface area contributed by atoms with Crippen LogP contribution in [-0.2, 0) is 6.42 Å². The van der Waals surface area contributed by atoms with Crippen LogP contribution in [0.3, 0.4) is 0 Å². The van der Waals surface area contributed by atoms with Gasteiger partial charge in [-0.2, -0.15) is 0 Å². The fraction of sp³-hybridized carbons (Fsp3) is 0.455. The predicted molar refractivity (Wildman–Crippen MR) is 95.8 cm³/mol. The van der Waals surface area contributed by atoms with E-state index in [4.69, 9.17) is 0 Å². The van der Waals surface area contributed by atoms with Crippen LogP contribution in [-0.4, -0.2) is 0 Å². The summed E-state index contributed by atoms with van der Waals surface area (Å²) in [5, 5.41) is 0. The fourth-order valence-electron chi connectivity index (χ4n) is 3.82. The van der Waals surface area contributed by atoms with Crippen LogP contribution < -0.4 is 0 Å². The molecule has 0 saturated heterocycles. The second-order valence-corrected chi connectivity index (χ2v) is 7.46. The van der Waals surface area contributed by atoms with Gasteiger partial charge in [-0.1, -0.05) is 45.0 Å². The summed E-state index contributed by atoms with van der Waals surface area (Å²) in [5.41, 5.74) is 6.95. The van der Waals surface area contributed by atoms with Gasteiger partial charge in [0.2, 0.25) is 0 Å². The van der Waals surface area contributed by atoms with Crippen molar-refractivity contribution in [3.8, 4) is 0 Å². The van der Waals surface area contributed by atoms with E-state index >= 15 is 0 Å². The lowest BCUT2D eigenvalue weighted by molar-refractivity contribution is 0.623. The van der Waals surface area contributed by atoms with E-state index in [1.807, 2.05) is 13.0 Å². The van der Waals surface area contributed by atoms with Gasteiger partial charge in [-0.05, 0) is 83.9 Å². The minimum Gasteiger partial charge on any atom is -0.207 e. The Hall–Kier alpha value is -1.63. The van der Waals surface area contributed by atoms with Crippen molar-refractivity contribution in [3.63, 3.8) is 0 Å². The monoisotopic (exact) mass is 310 g/mol. The maximum atomic E-state index is 13.4. The Balaban J connectivity index is 1.92. The molecule has 0 aromatic heterocycles. The van der Waals surface area contributed by atoms with E-state index < -0.39 is 0 Å². The van der Waals surface area contributed by atoms with Crippen molar-refractivity contribution >= 4 is 0 Å². The van der Waals surface area contributed by atoms with Gasteiger partial charge in [0.05, 0.1) is 0 Å². The molecule has 0 nitrogen and oxygen atoms in total. The lowest BCUT2D eigenvalue weighted by atomic mass is 9.84. The molecule has 0 N–H and O–H groups in total. The highest BCUT2D eigenvalue weighted by Gasteiger charge is 2.29. The maximum Gasteiger partial charge on any atom is 0.123 e. The Bertz CT molecular complexity index is 695. The summed E-state index contributed by atoms with van der Waals surface area (Å²) in [7, 11) is 0. The largest absolute Gasteiger partial charge is 0.207 e. The molecule has 23 heavy (non-hydrogen) atoms. The van der Waals surface area contributed by atoms with Crippen molar-refractivity contribution in [3.05, 3.63) is 70.0 Å². The van der Waals surface area contributed by atoms with Gasteiger partial charge in [0, 0.05) is 0 Å². The summed E-state index contributed by atoms with van der Waals surface area (Å²) < 4.78 is 13.4. The van der Waals surface area contributed by atoms with Crippen molar-refractivity contribution < 1.29 is 4.39 Å². The zero-order valence-corrected chi connectivity index (χ0v) is 14.7. The third kappa shape index (κ3) is 3.49. The van der Waals surface area contributed by atoms with Crippen molar-refractivity contribution in [1.29, 1.82) is 0 Å². The lowest BCUT2D eigenvalue weighted by Crippen LogP contribution is -2.06. The highest BCUT2D eigenvalue weighted by atomic mass is 19.1. The zero-order valence-electron chi connectivity index (χ0n) is 14.7. The minimum absolute atomic E-state index is 0.140. The molecule has 1 unspecified atom stereocenters. The minimum atomic E-state index is -0.140. The van der Waals surface area contributed by atoms with E-state index in [2.05, 4.69) is 39.0 Å². The first kappa shape index (κ1) is 16.2. The molecule has 2 aromatic carbocycles. The second kappa shape index (κ2) is 6.47. The highest BCUT2D eigenvalue weighted by molar-refractivity contribution is 5.43. The number of benzene rings is 2. The molecule has 0 bridgehead atoms. The van der Waals surface area contributed by atoms with Crippen molar-refractivity contribution in [2.45, 2.75) is 64.7 Å². The normalized spacial score (nSPS) is 15.9. The first-order valence-electron chi connectivity index (χ1n) is 8.85. The Morgan fingerprint density at radius 2 is 1.78 bits per heavy atom. The summed E-state index contributed by atoms with van der Waals surface area (Å²) in [6, 6.07) is 12.0. The summed E-state index contributed by atoms with van der Waals surface area (Å²) in [5.74, 6) is 1.62. The van der Waals surface area contributed by atoms with Crippen LogP contribution in [0.2, 0.25) is 0 Å². The molecule has 0 amide bonds. The van der Waals surface area contributed by atoms with Gasteiger partial charge in [-0.3, -0.25) is 0 Å². The third-order valence-corrected chi connectivity index (χ3v) is 5.13. The smallest absolute Gasteiger partial charge is 0.123 e. The molecule has 2 aromatic rings. The molecule has 0 spiro atoms. The van der Waals surface area contributed by atoms with Crippen LogP contribution in [0, 0.1) is 12.7 Å². The molecule has 122 valence electrons. The van der Waals surface area contributed by atoms with Gasteiger partial charge >= 0.3 is 0 Å². The van der Waals surface area contributed by atoms with Gasteiger partial charge in [-0.15, -0.1) is 0 Å². The van der Waals surface area contributed by atoms with Gasteiger partial charge in [0.25, 0.3) is 0 Å². The summed E-state index contributed by atoms with van der Waals surface area (Å²) in [4.78, 5) is 0. The zero-order chi connectivity index (χ0) is 16.6. The van der Waals surface area contributed by atoms with E-state index in [9.17, 15) is 4.39 Å². The Morgan fingerprint density at radius 3 is 2.39 bits per heavy atom. The van der Waals surface area contributed by atoms with Crippen LogP contribution in [0.5, 0.6) is 0 Å². The van der Waals surface area contributed by atoms with E-state index in [0.717, 1.165) is 17.9 Å². The molecule has 1 heteroatoms. The Morgan fingerprint density at radius 1 is 1.04 bits per heavy atom. The van der Waals surface area contributed by atoms with Crippen LogP contribution >= 0.6 is 0 Å². The van der Waals surface area contributed by atoms with E-state index in [1.165, 1.54) is 29.5 Å².